The third kappa shape index (κ3) is 3.97. The molecule has 2 atom stereocenters. The number of nitrogens with zero attached hydrogens (tertiary/aromatic N) is 3. The van der Waals surface area contributed by atoms with Gasteiger partial charge in [0.25, 0.3) is 0 Å². The molecule has 10 heteroatoms. The number of fused-ring (bicyclic) bond motifs is 1. The molecule has 4 aliphatic rings. The van der Waals surface area contributed by atoms with Gasteiger partial charge in [0.2, 0.25) is 5.91 Å². The van der Waals surface area contributed by atoms with Gasteiger partial charge in [0, 0.05) is 43.5 Å². The average molecular weight is 438 g/mol. The second-order valence-electron chi connectivity index (χ2n) is 9.41. The molecule has 1 saturated carbocycles. The van der Waals surface area contributed by atoms with E-state index in [0.29, 0.717) is 31.1 Å². The Hall–Kier alpha value is -2.36. The second kappa shape index (κ2) is 7.36. The summed E-state index contributed by atoms with van der Waals surface area (Å²) < 4.78 is 43.5. The molecule has 0 bridgehead atoms. The number of alkyl halides is 3. The molecule has 7 nitrogen and oxygen atoms in total. The lowest BCUT2D eigenvalue weighted by molar-refractivity contribution is -0.140. The number of ether oxygens (including phenoxy) is 1. The monoisotopic (exact) mass is 438 g/mol. The zero-order valence-electron chi connectivity index (χ0n) is 17.0. The smallest absolute Gasteiger partial charge is 0.366 e. The van der Waals surface area contributed by atoms with Crippen LogP contribution in [-0.4, -0.2) is 71.7 Å². The number of aromatic nitrogens is 1. The Labute approximate surface area is 177 Å². The van der Waals surface area contributed by atoms with Gasteiger partial charge in [0.15, 0.2) is 0 Å². The molecule has 1 aliphatic carbocycles. The van der Waals surface area contributed by atoms with Crippen molar-refractivity contribution in [3.8, 4) is 0 Å². The maximum Gasteiger partial charge on any atom is 0.417 e. The van der Waals surface area contributed by atoms with E-state index >= 15 is 0 Å². The first-order chi connectivity index (χ1) is 14.7. The van der Waals surface area contributed by atoms with Crippen molar-refractivity contribution in [1.82, 2.24) is 20.1 Å². The van der Waals surface area contributed by atoms with E-state index in [4.69, 9.17) is 4.74 Å². The van der Waals surface area contributed by atoms with Gasteiger partial charge in [0.05, 0.1) is 17.7 Å². The first-order valence-electron chi connectivity index (χ1n) is 10.7. The Morgan fingerprint density at radius 1 is 1.26 bits per heavy atom. The Morgan fingerprint density at radius 3 is 2.71 bits per heavy atom. The molecule has 31 heavy (non-hydrogen) atoms. The molecule has 0 aromatic carbocycles. The molecule has 3 saturated heterocycles. The Balaban J connectivity index is 1.08. The van der Waals surface area contributed by atoms with Crippen LogP contribution in [0.25, 0.3) is 0 Å². The number of morpholine rings is 1. The van der Waals surface area contributed by atoms with Crippen LogP contribution in [-0.2, 0) is 22.1 Å². The molecule has 1 aromatic rings. The number of hydrogen-bond acceptors (Lipinski definition) is 4. The minimum Gasteiger partial charge on any atom is -0.366 e. The number of carbonyl (C=O) groups excluding carboxylic acids is 2. The zero-order valence-corrected chi connectivity index (χ0v) is 17.0. The van der Waals surface area contributed by atoms with E-state index in [1.165, 1.54) is 6.07 Å². The molecule has 3 amide bonds. The summed E-state index contributed by atoms with van der Waals surface area (Å²) in [6, 6.07) is 2.42. The van der Waals surface area contributed by atoms with Gasteiger partial charge in [-0.25, -0.2) is 4.79 Å². The summed E-state index contributed by atoms with van der Waals surface area (Å²) in [5.74, 6) is 0.258. The van der Waals surface area contributed by atoms with Crippen molar-refractivity contribution >= 4 is 11.9 Å². The SMILES string of the molecule is O=C1CO[C@H]2CCN(C(=O)N3CC4(CC(Cc5ccc(C(F)(F)F)cn5)C4)C3)C[C@H]2N1. The topological polar surface area (TPSA) is 74.8 Å². The summed E-state index contributed by atoms with van der Waals surface area (Å²) in [5, 5.41) is 2.91. The van der Waals surface area contributed by atoms with Crippen LogP contribution in [0.4, 0.5) is 18.0 Å². The maximum atomic E-state index is 12.8. The highest BCUT2D eigenvalue weighted by Gasteiger charge is 2.54. The molecular weight excluding hydrogens is 413 g/mol. The van der Waals surface area contributed by atoms with Crippen LogP contribution in [0.5, 0.6) is 0 Å². The summed E-state index contributed by atoms with van der Waals surface area (Å²) in [4.78, 5) is 32.0. The molecule has 3 aliphatic heterocycles. The summed E-state index contributed by atoms with van der Waals surface area (Å²) in [6.45, 7) is 2.63. The Kier molecular flexibility index (Phi) is 4.87. The average Bonchev–Trinajstić information content (AvgIpc) is 2.67. The lowest BCUT2D eigenvalue weighted by Gasteiger charge is -2.60. The fraction of sp³-hybridized carbons (Fsp3) is 0.667. The second-order valence-corrected chi connectivity index (χ2v) is 9.41. The molecule has 1 spiro atoms. The number of pyridine rings is 1. The first kappa shape index (κ1) is 20.5. The van der Waals surface area contributed by atoms with Gasteiger partial charge in [-0.2, -0.15) is 13.2 Å². The molecular formula is C21H25F3N4O3. The lowest BCUT2D eigenvalue weighted by atomic mass is 9.57. The van der Waals surface area contributed by atoms with Crippen LogP contribution in [0.15, 0.2) is 18.3 Å². The third-order valence-electron chi connectivity index (χ3n) is 7.01. The summed E-state index contributed by atoms with van der Waals surface area (Å²) in [7, 11) is 0. The molecule has 4 fully saturated rings. The number of amides is 3. The van der Waals surface area contributed by atoms with E-state index in [1.807, 2.05) is 4.90 Å². The van der Waals surface area contributed by atoms with Gasteiger partial charge < -0.3 is 19.9 Å². The van der Waals surface area contributed by atoms with Gasteiger partial charge in [-0.15, -0.1) is 0 Å². The van der Waals surface area contributed by atoms with Crippen LogP contribution < -0.4 is 5.32 Å². The quantitative estimate of drug-likeness (QED) is 0.767. The molecule has 168 valence electrons. The van der Waals surface area contributed by atoms with Crippen molar-refractivity contribution in [3.05, 3.63) is 29.6 Å². The first-order valence-corrected chi connectivity index (χ1v) is 10.7. The van der Waals surface area contributed by atoms with E-state index in [1.54, 1.807) is 4.90 Å². The number of nitrogens with one attached hydrogen (secondary N) is 1. The van der Waals surface area contributed by atoms with Crippen molar-refractivity contribution in [1.29, 1.82) is 0 Å². The number of likely N-dealkylation sites (tertiary alicyclic amines) is 2. The normalized spacial score (nSPS) is 27.9. The van der Waals surface area contributed by atoms with E-state index in [0.717, 1.165) is 44.6 Å². The maximum absolute atomic E-state index is 12.8. The predicted octanol–water partition coefficient (Wildman–Crippen LogP) is 2.06. The number of hydrogen-bond donors (Lipinski definition) is 1. The standard InChI is InChI=1S/C21H25F3N4O3/c22-21(23,24)14-1-2-15(25-8-14)5-13-6-20(7-13)11-28(12-20)19(30)27-4-3-17-16(9-27)26-18(29)10-31-17/h1-2,8,13,16-17H,3-7,9-12H2,(H,26,29)/t16-,17+/m1/s1. The van der Waals surface area contributed by atoms with Crippen LogP contribution in [0.2, 0.25) is 0 Å². The van der Waals surface area contributed by atoms with Crippen LogP contribution >= 0.6 is 0 Å². The lowest BCUT2D eigenvalue weighted by Crippen LogP contribution is -2.68. The van der Waals surface area contributed by atoms with Crippen LogP contribution in [0, 0.1) is 11.3 Å². The molecule has 5 rings (SSSR count). The van der Waals surface area contributed by atoms with Gasteiger partial charge in [-0.1, -0.05) is 0 Å². The number of halogens is 3. The summed E-state index contributed by atoms with van der Waals surface area (Å²) in [5.41, 5.74) is 0.102. The van der Waals surface area contributed by atoms with Gasteiger partial charge in [0.1, 0.15) is 6.61 Å². The molecule has 0 radical (unpaired) electrons. The van der Waals surface area contributed by atoms with Crippen molar-refractivity contribution in [2.24, 2.45) is 11.3 Å². The molecule has 1 aromatic heterocycles. The summed E-state index contributed by atoms with van der Waals surface area (Å²) >= 11 is 0. The minimum absolute atomic E-state index is 0.0109. The molecule has 0 unspecified atom stereocenters. The number of urea groups is 1. The molecule has 4 heterocycles. The van der Waals surface area contributed by atoms with Gasteiger partial charge in [-0.05, 0) is 43.7 Å². The largest absolute Gasteiger partial charge is 0.417 e. The highest BCUT2D eigenvalue weighted by molar-refractivity contribution is 5.79. The predicted molar refractivity (Wildman–Crippen MR) is 103 cm³/mol. The number of rotatable bonds is 2. The van der Waals surface area contributed by atoms with E-state index in [-0.39, 0.29) is 36.1 Å². The van der Waals surface area contributed by atoms with E-state index in [2.05, 4.69) is 10.3 Å². The van der Waals surface area contributed by atoms with Gasteiger partial charge in [-0.3, -0.25) is 9.78 Å². The Bertz CT molecular complexity index is 862. The fourth-order valence-corrected chi connectivity index (χ4v) is 5.55. The van der Waals surface area contributed by atoms with E-state index in [9.17, 15) is 22.8 Å². The highest BCUT2D eigenvalue weighted by atomic mass is 19.4. The van der Waals surface area contributed by atoms with Crippen LogP contribution in [0.1, 0.15) is 30.5 Å². The number of piperidine rings is 1. The minimum atomic E-state index is -4.36. The fourth-order valence-electron chi connectivity index (χ4n) is 5.55. The zero-order chi connectivity index (χ0) is 21.8. The van der Waals surface area contributed by atoms with E-state index < -0.39 is 11.7 Å². The Morgan fingerprint density at radius 2 is 2.03 bits per heavy atom. The number of carbonyl (C=O) groups is 2. The van der Waals surface area contributed by atoms with Crippen molar-refractivity contribution in [2.45, 2.75) is 44.0 Å². The van der Waals surface area contributed by atoms with Crippen molar-refractivity contribution < 1.29 is 27.5 Å². The molecule has 1 N–H and O–H groups in total. The van der Waals surface area contributed by atoms with Crippen molar-refractivity contribution in [3.63, 3.8) is 0 Å². The van der Waals surface area contributed by atoms with Crippen LogP contribution in [0.3, 0.4) is 0 Å². The van der Waals surface area contributed by atoms with Gasteiger partial charge >= 0.3 is 12.2 Å². The summed E-state index contributed by atoms with van der Waals surface area (Å²) in [6.07, 6.45) is -0.159. The van der Waals surface area contributed by atoms with Crippen molar-refractivity contribution in [2.75, 3.05) is 32.8 Å². The third-order valence-corrected chi connectivity index (χ3v) is 7.01. The highest BCUT2D eigenvalue weighted by Crippen LogP contribution is 2.53.